The Morgan fingerprint density at radius 3 is 2.17 bits per heavy atom. The second kappa shape index (κ2) is 6.17. The molecule has 9 nitrogen and oxygen atoms in total. The van der Waals surface area contributed by atoms with Gasteiger partial charge in [0.05, 0.1) is 16.5 Å². The van der Waals surface area contributed by atoms with E-state index in [-0.39, 0.29) is 35.2 Å². The lowest BCUT2D eigenvalue weighted by molar-refractivity contribution is 0.663. The maximum atomic E-state index is 8.14. The Bertz CT molecular complexity index is 1120. The van der Waals surface area contributed by atoms with Gasteiger partial charge in [-0.05, 0) is 46.0 Å². The minimum absolute atomic E-state index is 0.0749. The van der Waals surface area contributed by atoms with Crippen molar-refractivity contribution >= 4 is 34.6 Å². The lowest BCUT2D eigenvalue weighted by Gasteiger charge is -2.07. The first kappa shape index (κ1) is 11.1. The van der Waals surface area contributed by atoms with Crippen LogP contribution in [-0.2, 0) is 14.1 Å². The third kappa shape index (κ3) is 2.83. The zero-order valence-corrected chi connectivity index (χ0v) is 14.1. The van der Waals surface area contributed by atoms with Crippen LogP contribution in [0.3, 0.4) is 0 Å². The van der Waals surface area contributed by atoms with Crippen LogP contribution in [0.5, 0.6) is 0 Å². The van der Waals surface area contributed by atoms with Crippen LogP contribution in [0.4, 0.5) is 0 Å². The second-order valence-corrected chi connectivity index (χ2v) is 6.46. The first-order valence-corrected chi connectivity index (χ1v) is 8.20. The minimum atomic E-state index is -0.364. The molecule has 0 aliphatic rings. The van der Waals surface area contributed by atoms with Gasteiger partial charge in [0.15, 0.2) is 5.16 Å². The topological polar surface area (TPSA) is 100 Å². The van der Waals surface area contributed by atoms with Gasteiger partial charge >= 0.3 is 0 Å². The van der Waals surface area contributed by atoms with E-state index < -0.39 is 0 Å². The molecule has 0 saturated heterocycles. The number of tetrazole rings is 1. The van der Waals surface area contributed by atoms with Gasteiger partial charge in [-0.1, -0.05) is 12.1 Å². The summed E-state index contributed by atoms with van der Waals surface area (Å²) in [5.74, 6) is 0. The van der Waals surface area contributed by atoms with Crippen LogP contribution in [0.25, 0.3) is 11.0 Å². The molecule has 3 heterocycles. The van der Waals surface area contributed by atoms with Crippen LogP contribution in [-0.4, -0.2) is 44.9 Å². The predicted octanol–water partition coefficient (Wildman–Crippen LogP) is 1.58. The summed E-state index contributed by atoms with van der Waals surface area (Å²) in [6.45, 7) is 0. The van der Waals surface area contributed by atoms with Crippen molar-refractivity contribution in [2.45, 2.75) is 20.4 Å². The van der Waals surface area contributed by atoms with E-state index in [4.69, 9.17) is 5.48 Å². The van der Waals surface area contributed by atoms with Crippen molar-refractivity contribution < 1.29 is 5.48 Å². The molecule has 0 aliphatic heterocycles. The molecule has 0 N–H and O–H groups in total. The Labute approximate surface area is 150 Å². The zero-order chi connectivity index (χ0) is 20.0. The first-order chi connectivity index (χ1) is 13.4. The normalized spacial score (nSPS) is 13.6. The number of rotatable bonds is 4. The smallest absolute Gasteiger partial charge is 0.215 e. The standard InChI is InChI=1S/C13H11N9S2/c1-21-7-14-17-12(21)23-10-11(24-13-18-19-20-22(13)2)16-9-6-4-3-5-8(9)15-10/h3-7H,1-2H3/i3D,4D,5D,6D. The van der Waals surface area contributed by atoms with Gasteiger partial charge < -0.3 is 4.57 Å². The van der Waals surface area contributed by atoms with Gasteiger partial charge in [-0.15, -0.1) is 15.3 Å². The van der Waals surface area contributed by atoms with E-state index in [1.807, 2.05) is 0 Å². The largest absolute Gasteiger partial charge is 0.311 e. The molecule has 0 saturated carbocycles. The van der Waals surface area contributed by atoms with Gasteiger partial charge in [-0.2, -0.15) is 0 Å². The molecule has 0 fully saturated rings. The Balaban J connectivity index is 1.94. The van der Waals surface area contributed by atoms with Crippen molar-refractivity contribution in [3.63, 3.8) is 0 Å². The number of benzene rings is 1. The molecule has 11 heteroatoms. The number of fused-ring (bicyclic) bond motifs is 1. The quantitative estimate of drug-likeness (QED) is 0.536. The van der Waals surface area contributed by atoms with Crippen LogP contribution in [0.15, 0.2) is 50.9 Å². The van der Waals surface area contributed by atoms with Crippen molar-refractivity contribution in [3.8, 4) is 0 Å². The molecular weight excluding hydrogens is 346 g/mol. The van der Waals surface area contributed by atoms with Gasteiger partial charge in [0.2, 0.25) is 5.16 Å². The first-order valence-electron chi connectivity index (χ1n) is 8.57. The zero-order valence-electron chi connectivity index (χ0n) is 16.4. The van der Waals surface area contributed by atoms with E-state index in [0.29, 0.717) is 20.4 Å². The van der Waals surface area contributed by atoms with Gasteiger partial charge in [0, 0.05) is 14.1 Å². The third-order valence-electron chi connectivity index (χ3n) is 2.89. The minimum Gasteiger partial charge on any atom is -0.311 e. The van der Waals surface area contributed by atoms with E-state index in [0.717, 1.165) is 11.8 Å². The maximum absolute atomic E-state index is 8.14. The molecule has 1 aromatic carbocycles. The van der Waals surface area contributed by atoms with Gasteiger partial charge in [-0.3, -0.25) is 0 Å². The fraction of sp³-hybridized carbons (Fsp3) is 0.154. The van der Waals surface area contributed by atoms with Gasteiger partial charge in [0.1, 0.15) is 16.4 Å². The van der Waals surface area contributed by atoms with Crippen LogP contribution < -0.4 is 0 Å². The summed E-state index contributed by atoms with van der Waals surface area (Å²) >= 11 is 2.32. The summed E-state index contributed by atoms with van der Waals surface area (Å²) in [6.07, 6.45) is 1.54. The highest BCUT2D eigenvalue weighted by Crippen LogP contribution is 2.35. The third-order valence-corrected chi connectivity index (χ3v) is 5.05. The molecule has 4 rings (SSSR count). The summed E-state index contributed by atoms with van der Waals surface area (Å²) in [6, 6.07) is -1.23. The number of hydrogen-bond acceptors (Lipinski definition) is 9. The Morgan fingerprint density at radius 1 is 0.958 bits per heavy atom. The van der Waals surface area contributed by atoms with Crippen LogP contribution in [0.1, 0.15) is 5.48 Å². The molecule has 120 valence electrons. The van der Waals surface area contributed by atoms with Gasteiger partial charge in [-0.25, -0.2) is 14.6 Å². The maximum Gasteiger partial charge on any atom is 0.215 e. The van der Waals surface area contributed by atoms with E-state index in [2.05, 4.69) is 35.7 Å². The molecular formula is C13H11N9S2. The highest BCUT2D eigenvalue weighted by atomic mass is 32.2. The van der Waals surface area contributed by atoms with Crippen LogP contribution in [0, 0.1) is 0 Å². The Morgan fingerprint density at radius 2 is 1.62 bits per heavy atom. The number of aromatic nitrogens is 9. The molecule has 0 amide bonds. The highest BCUT2D eigenvalue weighted by Gasteiger charge is 2.17. The van der Waals surface area contributed by atoms with E-state index in [9.17, 15) is 0 Å². The molecule has 24 heavy (non-hydrogen) atoms. The van der Waals surface area contributed by atoms with Crippen molar-refractivity contribution in [1.29, 1.82) is 0 Å². The van der Waals surface area contributed by atoms with E-state index in [1.54, 1.807) is 25.0 Å². The molecule has 0 spiro atoms. The molecule has 0 bridgehead atoms. The number of para-hydroxylation sites is 2. The van der Waals surface area contributed by atoms with Crippen LogP contribution >= 0.6 is 23.5 Å². The summed E-state index contributed by atoms with van der Waals surface area (Å²) in [4.78, 5) is 8.94. The SMILES string of the molecule is [2H]c1c([2H])c([2H])c2nc(Sc3nnnn3C)c(Sc3nncn3C)nc2c1[2H]. The van der Waals surface area contributed by atoms with E-state index >= 15 is 0 Å². The molecule has 0 unspecified atom stereocenters. The number of aryl methyl sites for hydroxylation is 2. The molecule has 0 radical (unpaired) electrons. The number of hydrogen-bond donors (Lipinski definition) is 0. The van der Waals surface area contributed by atoms with E-state index in [1.165, 1.54) is 16.4 Å². The average molecular weight is 361 g/mol. The second-order valence-electron chi connectivity index (χ2n) is 4.54. The number of nitrogens with zero attached hydrogens (tertiary/aromatic N) is 9. The fourth-order valence-electron chi connectivity index (χ4n) is 1.74. The Kier molecular flexibility index (Phi) is 2.85. The summed E-state index contributed by atoms with van der Waals surface area (Å²) in [5, 5.41) is 21.0. The summed E-state index contributed by atoms with van der Waals surface area (Å²) < 4.78 is 35.2. The van der Waals surface area contributed by atoms with Crippen molar-refractivity contribution in [2.24, 2.45) is 14.1 Å². The lowest BCUT2D eigenvalue weighted by atomic mass is 10.3. The predicted molar refractivity (Wildman–Crippen MR) is 87.6 cm³/mol. The fourth-order valence-corrected chi connectivity index (χ4v) is 3.40. The molecule has 3 aromatic heterocycles. The Hall–Kier alpha value is -2.53. The van der Waals surface area contributed by atoms with Crippen LogP contribution in [0.2, 0.25) is 0 Å². The van der Waals surface area contributed by atoms with Crippen molar-refractivity contribution in [3.05, 3.63) is 30.5 Å². The van der Waals surface area contributed by atoms with Crippen molar-refractivity contribution in [1.82, 2.24) is 44.9 Å². The van der Waals surface area contributed by atoms with Crippen molar-refractivity contribution in [2.75, 3.05) is 0 Å². The average Bonchev–Trinajstić information content (AvgIpc) is 3.27. The monoisotopic (exact) mass is 361 g/mol. The lowest BCUT2D eigenvalue weighted by Crippen LogP contribution is -1.97. The highest BCUT2D eigenvalue weighted by molar-refractivity contribution is 8.02. The molecule has 0 aliphatic carbocycles. The summed E-state index contributed by atoms with van der Waals surface area (Å²) in [7, 11) is 3.46. The molecule has 4 aromatic rings. The molecule has 0 atom stereocenters. The summed E-state index contributed by atoms with van der Waals surface area (Å²) in [5.41, 5.74) is 0.155. The van der Waals surface area contributed by atoms with Gasteiger partial charge in [0.25, 0.3) is 0 Å².